The number of aromatic nitrogens is 7. The Balaban J connectivity index is 1.54. The van der Waals surface area contributed by atoms with Crippen LogP contribution in [0, 0.1) is 0 Å². The predicted octanol–water partition coefficient (Wildman–Crippen LogP) is 2.31. The molecule has 0 amide bonds. The van der Waals surface area contributed by atoms with Crippen LogP contribution in [0.1, 0.15) is 0 Å². The maximum absolute atomic E-state index is 5.59. The Morgan fingerprint density at radius 1 is 0.875 bits per heavy atom. The lowest BCUT2D eigenvalue weighted by Crippen LogP contribution is -2.00. The normalized spacial score (nSPS) is 10.5. The third-order valence-corrected chi connectivity index (χ3v) is 3.12. The summed E-state index contributed by atoms with van der Waals surface area (Å²) in [6, 6.07) is 12.6. The summed E-state index contributed by atoms with van der Waals surface area (Å²) in [6.45, 7) is 0. The SMILES string of the molecule is c1ccc(-c2nnn(-c3ccc(Oc4cccnc4)nc3)n2)nc1. The van der Waals surface area contributed by atoms with Crippen molar-refractivity contribution < 1.29 is 4.74 Å². The van der Waals surface area contributed by atoms with Crippen LogP contribution in [0.25, 0.3) is 17.2 Å². The summed E-state index contributed by atoms with van der Waals surface area (Å²) in [7, 11) is 0. The van der Waals surface area contributed by atoms with Crippen molar-refractivity contribution in [1.29, 1.82) is 0 Å². The van der Waals surface area contributed by atoms with Crippen molar-refractivity contribution in [2.24, 2.45) is 0 Å². The highest BCUT2D eigenvalue weighted by atomic mass is 16.5. The Morgan fingerprint density at radius 2 is 1.88 bits per heavy atom. The van der Waals surface area contributed by atoms with E-state index in [0.717, 1.165) is 0 Å². The first-order valence-corrected chi connectivity index (χ1v) is 7.14. The van der Waals surface area contributed by atoms with Crippen molar-refractivity contribution in [3.63, 3.8) is 0 Å². The third-order valence-electron chi connectivity index (χ3n) is 3.12. The van der Waals surface area contributed by atoms with E-state index in [-0.39, 0.29) is 0 Å². The van der Waals surface area contributed by atoms with E-state index >= 15 is 0 Å². The number of hydrogen-bond donors (Lipinski definition) is 0. The van der Waals surface area contributed by atoms with Gasteiger partial charge in [-0.15, -0.1) is 15.0 Å². The molecule has 8 nitrogen and oxygen atoms in total. The quantitative estimate of drug-likeness (QED) is 0.570. The molecule has 4 heterocycles. The van der Waals surface area contributed by atoms with Gasteiger partial charge >= 0.3 is 0 Å². The molecule has 0 atom stereocenters. The lowest BCUT2D eigenvalue weighted by molar-refractivity contribution is 0.460. The Morgan fingerprint density at radius 3 is 2.62 bits per heavy atom. The Bertz CT molecular complexity index is 924. The van der Waals surface area contributed by atoms with Crippen LogP contribution in [-0.4, -0.2) is 35.2 Å². The van der Waals surface area contributed by atoms with Crippen molar-refractivity contribution in [2.75, 3.05) is 0 Å². The summed E-state index contributed by atoms with van der Waals surface area (Å²) in [6.07, 6.45) is 6.59. The molecule has 116 valence electrons. The van der Waals surface area contributed by atoms with E-state index < -0.39 is 0 Å². The lowest BCUT2D eigenvalue weighted by Gasteiger charge is -2.04. The zero-order chi connectivity index (χ0) is 16.2. The first-order chi connectivity index (χ1) is 11.9. The van der Waals surface area contributed by atoms with Gasteiger partial charge in [-0.2, -0.15) is 0 Å². The number of pyridine rings is 3. The molecule has 4 aromatic heterocycles. The molecule has 0 saturated heterocycles. The second-order valence-electron chi connectivity index (χ2n) is 4.76. The lowest BCUT2D eigenvalue weighted by atomic mass is 10.3. The van der Waals surface area contributed by atoms with Gasteiger partial charge in [0.25, 0.3) is 0 Å². The molecule has 0 N–H and O–H groups in total. The van der Waals surface area contributed by atoms with E-state index in [0.29, 0.717) is 28.8 Å². The summed E-state index contributed by atoms with van der Waals surface area (Å²) < 4.78 is 5.59. The second-order valence-corrected chi connectivity index (χ2v) is 4.76. The van der Waals surface area contributed by atoms with E-state index in [4.69, 9.17) is 4.74 Å². The smallest absolute Gasteiger partial charge is 0.223 e. The van der Waals surface area contributed by atoms with Gasteiger partial charge in [0.1, 0.15) is 17.1 Å². The maximum Gasteiger partial charge on any atom is 0.223 e. The van der Waals surface area contributed by atoms with Crippen molar-refractivity contribution in [2.45, 2.75) is 0 Å². The molecule has 0 fully saturated rings. The minimum Gasteiger partial charge on any atom is -0.437 e. The number of rotatable bonds is 4. The molecule has 0 unspecified atom stereocenters. The Kier molecular flexibility index (Phi) is 3.61. The first-order valence-electron chi connectivity index (χ1n) is 7.14. The largest absolute Gasteiger partial charge is 0.437 e. The van der Waals surface area contributed by atoms with E-state index in [1.807, 2.05) is 18.2 Å². The fourth-order valence-corrected chi connectivity index (χ4v) is 2.00. The minimum atomic E-state index is 0.450. The molecule has 24 heavy (non-hydrogen) atoms. The average Bonchev–Trinajstić information content (AvgIpc) is 3.14. The average molecular weight is 317 g/mol. The van der Waals surface area contributed by atoms with Gasteiger partial charge in [-0.05, 0) is 35.5 Å². The molecule has 0 aromatic carbocycles. The van der Waals surface area contributed by atoms with E-state index in [2.05, 4.69) is 30.4 Å². The molecule has 4 aromatic rings. The summed E-state index contributed by atoms with van der Waals surface area (Å²) in [5, 5.41) is 12.3. The van der Waals surface area contributed by atoms with Gasteiger partial charge in [0.05, 0.1) is 12.4 Å². The third kappa shape index (κ3) is 2.93. The monoisotopic (exact) mass is 317 g/mol. The molecular weight excluding hydrogens is 306 g/mol. The topological polar surface area (TPSA) is 91.5 Å². The number of nitrogens with zero attached hydrogens (tertiary/aromatic N) is 7. The van der Waals surface area contributed by atoms with E-state index in [1.165, 1.54) is 4.80 Å². The van der Waals surface area contributed by atoms with Crippen LogP contribution in [0.15, 0.2) is 67.3 Å². The van der Waals surface area contributed by atoms with Gasteiger partial charge in [-0.25, -0.2) is 4.98 Å². The first kappa shape index (κ1) is 13.9. The maximum atomic E-state index is 5.59. The van der Waals surface area contributed by atoms with Crippen LogP contribution in [0.5, 0.6) is 11.6 Å². The van der Waals surface area contributed by atoms with E-state index in [1.54, 1.807) is 49.1 Å². The predicted molar refractivity (Wildman–Crippen MR) is 84.5 cm³/mol. The van der Waals surface area contributed by atoms with Crippen LogP contribution >= 0.6 is 0 Å². The molecule has 0 aliphatic heterocycles. The molecule has 0 bridgehead atoms. The van der Waals surface area contributed by atoms with Crippen molar-refractivity contribution in [3.05, 3.63) is 67.3 Å². The highest BCUT2D eigenvalue weighted by Gasteiger charge is 2.08. The number of tetrazole rings is 1. The summed E-state index contributed by atoms with van der Waals surface area (Å²) in [5.41, 5.74) is 1.33. The zero-order valence-corrected chi connectivity index (χ0v) is 12.4. The molecule has 0 aliphatic carbocycles. The summed E-state index contributed by atoms with van der Waals surface area (Å²) in [5.74, 6) is 1.53. The Hall–Kier alpha value is -3.68. The molecule has 8 heteroatoms. The minimum absolute atomic E-state index is 0.450. The fraction of sp³-hybridized carbons (Fsp3) is 0. The fourth-order valence-electron chi connectivity index (χ4n) is 2.00. The second kappa shape index (κ2) is 6.21. The molecular formula is C16H11N7O. The number of hydrogen-bond acceptors (Lipinski definition) is 7. The summed E-state index contributed by atoms with van der Waals surface area (Å²) in [4.78, 5) is 13.8. The van der Waals surface area contributed by atoms with Gasteiger partial charge in [-0.3, -0.25) is 9.97 Å². The van der Waals surface area contributed by atoms with Gasteiger partial charge in [-0.1, -0.05) is 6.07 Å². The summed E-state index contributed by atoms with van der Waals surface area (Å²) >= 11 is 0. The van der Waals surface area contributed by atoms with Crippen LogP contribution in [0.3, 0.4) is 0 Å². The van der Waals surface area contributed by atoms with Gasteiger partial charge in [0.2, 0.25) is 11.7 Å². The van der Waals surface area contributed by atoms with Gasteiger partial charge < -0.3 is 4.74 Å². The van der Waals surface area contributed by atoms with Crippen LogP contribution in [0.4, 0.5) is 0 Å². The van der Waals surface area contributed by atoms with Crippen molar-refractivity contribution >= 4 is 0 Å². The van der Waals surface area contributed by atoms with Crippen molar-refractivity contribution in [3.8, 4) is 28.8 Å². The van der Waals surface area contributed by atoms with Crippen LogP contribution in [0.2, 0.25) is 0 Å². The Labute approximate surface area is 136 Å². The van der Waals surface area contributed by atoms with Crippen LogP contribution < -0.4 is 4.74 Å². The molecule has 0 radical (unpaired) electrons. The molecule has 0 aliphatic rings. The number of ether oxygens (including phenoxy) is 1. The van der Waals surface area contributed by atoms with Crippen LogP contribution in [-0.2, 0) is 0 Å². The van der Waals surface area contributed by atoms with Crippen molar-refractivity contribution in [1.82, 2.24) is 35.2 Å². The van der Waals surface area contributed by atoms with E-state index in [9.17, 15) is 0 Å². The molecule has 4 rings (SSSR count). The molecule has 0 spiro atoms. The van der Waals surface area contributed by atoms with Gasteiger partial charge in [0.15, 0.2) is 0 Å². The highest BCUT2D eigenvalue weighted by Crippen LogP contribution is 2.18. The van der Waals surface area contributed by atoms with Gasteiger partial charge in [0, 0.05) is 18.5 Å². The standard InChI is InChI=1S/C16H11N7O/c1-2-9-18-14(5-1)16-20-22-23(21-16)12-6-7-15(19-10-12)24-13-4-3-8-17-11-13/h1-11H. The zero-order valence-electron chi connectivity index (χ0n) is 12.4. The molecule has 0 saturated carbocycles. The highest BCUT2D eigenvalue weighted by molar-refractivity contribution is 5.47.